The number of hydrogen-bond acceptors (Lipinski definition) is 3. The zero-order valence-corrected chi connectivity index (χ0v) is 10.6. The monoisotopic (exact) mass is 251 g/mol. The molecule has 3 nitrogen and oxygen atoms in total. The number of nitrogens with zero attached hydrogens (tertiary/aromatic N) is 1. The van der Waals surface area contributed by atoms with Crippen molar-refractivity contribution in [2.24, 2.45) is 5.92 Å². The fourth-order valence-electron chi connectivity index (χ4n) is 2.54. The van der Waals surface area contributed by atoms with Crippen molar-refractivity contribution in [1.29, 1.82) is 0 Å². The van der Waals surface area contributed by atoms with E-state index in [0.717, 1.165) is 31.9 Å². The minimum atomic E-state index is -0.619. The van der Waals surface area contributed by atoms with Crippen molar-refractivity contribution < 1.29 is 13.9 Å². The van der Waals surface area contributed by atoms with E-state index in [1.807, 2.05) is 0 Å². The molecule has 1 heterocycles. The molecule has 0 aliphatic heterocycles. The number of halogens is 1. The van der Waals surface area contributed by atoms with Crippen LogP contribution in [0, 0.1) is 11.7 Å². The Morgan fingerprint density at radius 3 is 3.00 bits per heavy atom. The summed E-state index contributed by atoms with van der Waals surface area (Å²) < 4.78 is 18.9. The summed E-state index contributed by atoms with van der Waals surface area (Å²) in [4.78, 5) is 15.5. The number of carbonyl (C=O) groups excluding carboxylic acids is 1. The maximum atomic E-state index is 13.4. The Hall–Kier alpha value is -1.45. The zero-order valence-electron chi connectivity index (χ0n) is 10.6. The molecule has 18 heavy (non-hydrogen) atoms. The molecule has 0 aromatic carbocycles. The van der Waals surface area contributed by atoms with Gasteiger partial charge < -0.3 is 4.74 Å². The predicted octanol–water partition coefficient (Wildman–Crippen LogP) is 3.35. The highest BCUT2D eigenvalue weighted by Gasteiger charge is 2.28. The van der Waals surface area contributed by atoms with E-state index in [9.17, 15) is 9.18 Å². The third kappa shape index (κ3) is 2.86. The van der Waals surface area contributed by atoms with Crippen molar-refractivity contribution in [3.8, 4) is 0 Å². The quantitative estimate of drug-likeness (QED) is 0.773. The van der Waals surface area contributed by atoms with Crippen molar-refractivity contribution in [2.45, 2.75) is 45.1 Å². The molecule has 2 unspecified atom stereocenters. The largest absolute Gasteiger partial charge is 0.458 e. The molecular formula is C14H18FNO2. The van der Waals surface area contributed by atoms with Crippen LogP contribution >= 0.6 is 0 Å². The number of esters is 1. The minimum absolute atomic E-state index is 0.0228. The molecule has 0 N–H and O–H groups in total. The van der Waals surface area contributed by atoms with Gasteiger partial charge >= 0.3 is 5.97 Å². The molecule has 0 spiro atoms. The van der Waals surface area contributed by atoms with Gasteiger partial charge in [-0.2, -0.15) is 0 Å². The zero-order chi connectivity index (χ0) is 13.0. The Morgan fingerprint density at radius 2 is 2.28 bits per heavy atom. The number of pyridine rings is 1. The molecule has 0 radical (unpaired) electrons. The van der Waals surface area contributed by atoms with Crippen LogP contribution in [0.1, 0.15) is 49.4 Å². The van der Waals surface area contributed by atoms with Gasteiger partial charge in [-0.25, -0.2) is 9.18 Å². The van der Waals surface area contributed by atoms with Crippen LogP contribution in [0.25, 0.3) is 0 Å². The number of ether oxygens (including phenoxy) is 1. The van der Waals surface area contributed by atoms with Gasteiger partial charge in [0.05, 0.1) is 11.8 Å². The second kappa shape index (κ2) is 5.94. The average molecular weight is 251 g/mol. The Kier molecular flexibility index (Phi) is 4.28. The van der Waals surface area contributed by atoms with Crippen LogP contribution in [0.2, 0.25) is 0 Å². The smallest absolute Gasteiger partial charge is 0.341 e. The van der Waals surface area contributed by atoms with Crippen LogP contribution in [0.3, 0.4) is 0 Å². The summed E-state index contributed by atoms with van der Waals surface area (Å²) >= 11 is 0. The van der Waals surface area contributed by atoms with Gasteiger partial charge in [-0.3, -0.25) is 4.98 Å². The predicted molar refractivity (Wildman–Crippen MR) is 65.6 cm³/mol. The van der Waals surface area contributed by atoms with Crippen LogP contribution < -0.4 is 0 Å². The molecule has 0 saturated heterocycles. The van der Waals surface area contributed by atoms with Crippen molar-refractivity contribution >= 4 is 5.97 Å². The minimum Gasteiger partial charge on any atom is -0.458 e. The van der Waals surface area contributed by atoms with E-state index in [1.165, 1.54) is 18.7 Å². The van der Waals surface area contributed by atoms with Gasteiger partial charge in [0.15, 0.2) is 5.82 Å². The van der Waals surface area contributed by atoms with Gasteiger partial charge in [-0.1, -0.05) is 13.3 Å². The molecule has 1 aliphatic carbocycles. The van der Waals surface area contributed by atoms with Crippen molar-refractivity contribution in [1.82, 2.24) is 4.98 Å². The summed E-state index contributed by atoms with van der Waals surface area (Å²) in [5.74, 6) is -0.779. The van der Waals surface area contributed by atoms with E-state index in [-0.39, 0.29) is 11.7 Å². The highest BCUT2D eigenvalue weighted by atomic mass is 19.1. The van der Waals surface area contributed by atoms with Gasteiger partial charge in [0.2, 0.25) is 0 Å². The van der Waals surface area contributed by atoms with Crippen molar-refractivity contribution in [3.63, 3.8) is 0 Å². The van der Waals surface area contributed by atoms with E-state index >= 15 is 0 Å². The Balaban J connectivity index is 2.04. The van der Waals surface area contributed by atoms with Gasteiger partial charge in [0.25, 0.3) is 0 Å². The SMILES string of the molecule is CCC1CCCCC1OC(=O)c1ccncc1F. The van der Waals surface area contributed by atoms with Crippen LogP contribution in [-0.2, 0) is 4.74 Å². The van der Waals surface area contributed by atoms with E-state index in [4.69, 9.17) is 4.74 Å². The van der Waals surface area contributed by atoms with Gasteiger partial charge in [0.1, 0.15) is 6.10 Å². The highest BCUT2D eigenvalue weighted by molar-refractivity contribution is 5.89. The van der Waals surface area contributed by atoms with Crippen molar-refractivity contribution in [2.75, 3.05) is 0 Å². The van der Waals surface area contributed by atoms with E-state index in [2.05, 4.69) is 11.9 Å². The molecule has 1 aromatic heterocycles. The lowest BCUT2D eigenvalue weighted by Crippen LogP contribution is -2.30. The van der Waals surface area contributed by atoms with Crippen LogP contribution in [-0.4, -0.2) is 17.1 Å². The summed E-state index contributed by atoms with van der Waals surface area (Å²) in [6.07, 6.45) is 7.61. The summed E-state index contributed by atoms with van der Waals surface area (Å²) in [5, 5.41) is 0. The maximum absolute atomic E-state index is 13.4. The van der Waals surface area contributed by atoms with E-state index in [0.29, 0.717) is 5.92 Å². The van der Waals surface area contributed by atoms with E-state index in [1.54, 1.807) is 0 Å². The molecule has 0 amide bonds. The van der Waals surface area contributed by atoms with Crippen LogP contribution in [0.4, 0.5) is 4.39 Å². The maximum Gasteiger partial charge on any atom is 0.341 e. The summed E-state index contributed by atoms with van der Waals surface area (Å²) in [7, 11) is 0. The first-order valence-corrected chi connectivity index (χ1v) is 6.53. The topological polar surface area (TPSA) is 39.2 Å². The lowest BCUT2D eigenvalue weighted by Gasteiger charge is -2.30. The fraction of sp³-hybridized carbons (Fsp3) is 0.571. The Labute approximate surface area is 106 Å². The van der Waals surface area contributed by atoms with Gasteiger partial charge in [-0.15, -0.1) is 0 Å². The second-order valence-corrected chi connectivity index (χ2v) is 4.75. The normalized spacial score (nSPS) is 23.7. The Bertz CT molecular complexity index is 422. The molecular weight excluding hydrogens is 233 g/mol. The molecule has 1 aromatic rings. The first kappa shape index (κ1) is 13.0. The lowest BCUT2D eigenvalue weighted by atomic mass is 9.85. The van der Waals surface area contributed by atoms with Crippen LogP contribution in [0.5, 0.6) is 0 Å². The molecule has 2 atom stereocenters. The molecule has 98 valence electrons. The average Bonchev–Trinajstić information content (AvgIpc) is 2.39. The number of hydrogen-bond donors (Lipinski definition) is 0. The third-order valence-electron chi connectivity index (χ3n) is 3.61. The fourth-order valence-corrected chi connectivity index (χ4v) is 2.54. The number of aromatic nitrogens is 1. The first-order chi connectivity index (χ1) is 8.72. The second-order valence-electron chi connectivity index (χ2n) is 4.75. The third-order valence-corrected chi connectivity index (χ3v) is 3.61. The summed E-state index contributed by atoms with van der Waals surface area (Å²) in [6, 6.07) is 1.36. The standard InChI is InChI=1S/C14H18FNO2/c1-2-10-5-3-4-6-13(10)18-14(17)11-7-8-16-9-12(11)15/h7-10,13H,2-6H2,1H3. The first-order valence-electron chi connectivity index (χ1n) is 6.53. The molecule has 4 heteroatoms. The molecule has 1 aliphatic rings. The number of carbonyl (C=O) groups is 1. The van der Waals surface area contributed by atoms with Crippen LogP contribution in [0.15, 0.2) is 18.5 Å². The Morgan fingerprint density at radius 1 is 1.50 bits per heavy atom. The molecule has 1 saturated carbocycles. The van der Waals surface area contributed by atoms with Gasteiger partial charge in [-0.05, 0) is 37.7 Å². The van der Waals surface area contributed by atoms with E-state index < -0.39 is 11.8 Å². The van der Waals surface area contributed by atoms with Crippen molar-refractivity contribution in [3.05, 3.63) is 29.8 Å². The lowest BCUT2D eigenvalue weighted by molar-refractivity contribution is 0.000260. The molecule has 1 fully saturated rings. The highest BCUT2D eigenvalue weighted by Crippen LogP contribution is 2.29. The molecule has 0 bridgehead atoms. The van der Waals surface area contributed by atoms with Gasteiger partial charge in [0, 0.05) is 6.20 Å². The summed E-state index contributed by atoms with van der Waals surface area (Å²) in [6.45, 7) is 2.10. The number of rotatable bonds is 3. The summed E-state index contributed by atoms with van der Waals surface area (Å²) in [5.41, 5.74) is -0.0228. The molecule has 2 rings (SSSR count).